The van der Waals surface area contributed by atoms with Crippen LogP contribution in [0.3, 0.4) is 0 Å². The molecule has 8 aromatic carbocycles. The molecule has 0 amide bonds. The maximum atomic E-state index is 5.34. The Balaban J connectivity index is 1.14. The number of thiophene rings is 1. The van der Waals surface area contributed by atoms with E-state index in [9.17, 15) is 0 Å². The summed E-state index contributed by atoms with van der Waals surface area (Å²) >= 11 is 1.79. The minimum atomic E-state index is 0.633. The topological polar surface area (TPSA) is 43.6 Å². The van der Waals surface area contributed by atoms with Crippen molar-refractivity contribution in [3.8, 4) is 62.1 Å². The van der Waals surface area contributed by atoms with Crippen LogP contribution in [0.25, 0.3) is 104 Å². The second-order valence-electron chi connectivity index (χ2n) is 14.0. The molecule has 0 saturated carbocycles. The van der Waals surface area contributed by atoms with Crippen LogP contribution < -0.4 is 0 Å². The molecule has 4 nitrogen and oxygen atoms in total. The predicted molar refractivity (Wildman–Crippen MR) is 234 cm³/mol. The highest BCUT2D eigenvalue weighted by atomic mass is 32.1. The monoisotopic (exact) mass is 732 g/mol. The summed E-state index contributed by atoms with van der Waals surface area (Å²) in [6, 6.07) is 68.5. The standard InChI is InChI=1S/C51H32N4S/c1-3-16-33(17-4-1)36-20-7-9-24-41(36)49-52-50(54-51(53-49)43-27-15-26-40-39-23-12-14-29-47(39)56-48(40)43)42-25-10-8-21-37(42)34-30-31-46-44(32-34)38-22-11-13-28-45(38)55(46)35-18-5-2-6-19-35/h1-32H. The lowest BCUT2D eigenvalue weighted by Crippen LogP contribution is -2.02. The Morgan fingerprint density at radius 2 is 0.857 bits per heavy atom. The van der Waals surface area contributed by atoms with Crippen LogP contribution in [0.4, 0.5) is 0 Å². The fourth-order valence-corrected chi connectivity index (χ4v) is 9.35. The van der Waals surface area contributed by atoms with Gasteiger partial charge in [-0.2, -0.15) is 0 Å². The SMILES string of the molecule is c1ccc(-c2ccccc2-c2nc(-c3ccccc3-c3ccc4c(c3)c3ccccc3n4-c3ccccc3)nc(-c3cccc4c3sc3ccccc34)n2)cc1. The molecule has 56 heavy (non-hydrogen) atoms. The zero-order valence-electron chi connectivity index (χ0n) is 30.2. The number of aromatic nitrogens is 4. The Morgan fingerprint density at radius 1 is 0.339 bits per heavy atom. The van der Waals surface area contributed by atoms with E-state index in [1.54, 1.807) is 11.3 Å². The molecule has 0 saturated heterocycles. The molecule has 0 aliphatic rings. The van der Waals surface area contributed by atoms with Crippen LogP contribution in [0.1, 0.15) is 0 Å². The van der Waals surface area contributed by atoms with Crippen LogP contribution in [0.15, 0.2) is 194 Å². The second-order valence-corrected chi connectivity index (χ2v) is 15.0. The Hall–Kier alpha value is -7.21. The van der Waals surface area contributed by atoms with E-state index in [-0.39, 0.29) is 0 Å². The summed E-state index contributed by atoms with van der Waals surface area (Å²) in [4.78, 5) is 16.0. The number of hydrogen-bond acceptors (Lipinski definition) is 4. The van der Waals surface area contributed by atoms with Gasteiger partial charge in [0.15, 0.2) is 17.5 Å². The van der Waals surface area contributed by atoms with Crippen LogP contribution in [0, 0.1) is 0 Å². The molecule has 0 bridgehead atoms. The summed E-state index contributed by atoms with van der Waals surface area (Å²) in [5, 5.41) is 4.86. The normalized spacial score (nSPS) is 11.6. The molecule has 3 heterocycles. The Kier molecular flexibility index (Phi) is 7.64. The van der Waals surface area contributed by atoms with E-state index in [0.717, 1.165) is 50.1 Å². The molecule has 0 spiro atoms. The molecule has 11 rings (SSSR count). The van der Waals surface area contributed by atoms with Crippen molar-refractivity contribution in [2.45, 2.75) is 0 Å². The second kappa shape index (κ2) is 13.3. The third-order valence-electron chi connectivity index (χ3n) is 10.7. The highest BCUT2D eigenvalue weighted by molar-refractivity contribution is 7.26. The minimum Gasteiger partial charge on any atom is -0.309 e. The summed E-state index contributed by atoms with van der Waals surface area (Å²) in [5.41, 5.74) is 10.7. The van der Waals surface area contributed by atoms with Crippen molar-refractivity contribution in [3.05, 3.63) is 194 Å². The molecule has 0 N–H and O–H groups in total. The van der Waals surface area contributed by atoms with E-state index in [0.29, 0.717) is 17.5 Å². The lowest BCUT2D eigenvalue weighted by atomic mass is 9.97. The van der Waals surface area contributed by atoms with Gasteiger partial charge < -0.3 is 4.57 Å². The molecule has 0 aliphatic carbocycles. The Morgan fingerprint density at radius 3 is 1.59 bits per heavy atom. The molecule has 0 atom stereocenters. The summed E-state index contributed by atoms with van der Waals surface area (Å²) < 4.78 is 4.76. The molecule has 262 valence electrons. The van der Waals surface area contributed by atoms with Gasteiger partial charge in [-0.1, -0.05) is 152 Å². The number of hydrogen-bond donors (Lipinski definition) is 0. The van der Waals surface area contributed by atoms with E-state index >= 15 is 0 Å². The molecule has 0 aliphatic heterocycles. The van der Waals surface area contributed by atoms with Gasteiger partial charge in [-0.05, 0) is 64.7 Å². The van der Waals surface area contributed by atoms with Crippen molar-refractivity contribution in [2.75, 3.05) is 0 Å². The number of nitrogens with zero attached hydrogens (tertiary/aromatic N) is 4. The van der Waals surface area contributed by atoms with Crippen LogP contribution in [0.2, 0.25) is 0 Å². The minimum absolute atomic E-state index is 0.633. The molecule has 5 heteroatoms. The lowest BCUT2D eigenvalue weighted by molar-refractivity contribution is 1.08. The van der Waals surface area contributed by atoms with Crippen molar-refractivity contribution in [1.29, 1.82) is 0 Å². The van der Waals surface area contributed by atoms with Gasteiger partial charge in [0, 0.05) is 53.3 Å². The quantitative estimate of drug-likeness (QED) is 0.171. The van der Waals surface area contributed by atoms with Gasteiger partial charge in [0.05, 0.1) is 11.0 Å². The van der Waals surface area contributed by atoms with Crippen LogP contribution in [0.5, 0.6) is 0 Å². The summed E-state index contributed by atoms with van der Waals surface area (Å²) in [5.74, 6) is 1.92. The predicted octanol–water partition coefficient (Wildman–Crippen LogP) is 13.7. The highest BCUT2D eigenvalue weighted by Gasteiger charge is 2.21. The number of para-hydroxylation sites is 2. The van der Waals surface area contributed by atoms with Gasteiger partial charge >= 0.3 is 0 Å². The van der Waals surface area contributed by atoms with Gasteiger partial charge in [0.1, 0.15) is 0 Å². The first-order chi connectivity index (χ1) is 27.8. The molecular weight excluding hydrogens is 701 g/mol. The van der Waals surface area contributed by atoms with Crippen molar-refractivity contribution in [2.24, 2.45) is 0 Å². The smallest absolute Gasteiger partial charge is 0.165 e. The zero-order valence-corrected chi connectivity index (χ0v) is 31.0. The third kappa shape index (κ3) is 5.32. The summed E-state index contributed by atoms with van der Waals surface area (Å²) in [6.07, 6.45) is 0. The fraction of sp³-hybridized carbons (Fsp3) is 0. The van der Waals surface area contributed by atoms with E-state index in [2.05, 4.69) is 193 Å². The van der Waals surface area contributed by atoms with Crippen molar-refractivity contribution >= 4 is 53.3 Å². The van der Waals surface area contributed by atoms with Crippen LogP contribution in [-0.4, -0.2) is 19.5 Å². The number of fused-ring (bicyclic) bond motifs is 6. The van der Waals surface area contributed by atoms with Crippen LogP contribution in [-0.2, 0) is 0 Å². The largest absolute Gasteiger partial charge is 0.309 e. The first kappa shape index (κ1) is 32.2. The molecule has 11 aromatic rings. The van der Waals surface area contributed by atoms with Crippen molar-refractivity contribution in [1.82, 2.24) is 19.5 Å². The maximum absolute atomic E-state index is 5.34. The fourth-order valence-electron chi connectivity index (χ4n) is 8.13. The first-order valence-corrected chi connectivity index (χ1v) is 19.6. The molecule has 0 radical (unpaired) electrons. The molecule has 0 unspecified atom stereocenters. The van der Waals surface area contributed by atoms with Gasteiger partial charge in [0.25, 0.3) is 0 Å². The van der Waals surface area contributed by atoms with E-state index in [1.807, 2.05) is 6.07 Å². The van der Waals surface area contributed by atoms with E-state index in [1.165, 1.54) is 36.5 Å². The van der Waals surface area contributed by atoms with Gasteiger partial charge in [-0.3, -0.25) is 0 Å². The number of benzene rings is 8. The molecule has 0 fully saturated rings. The van der Waals surface area contributed by atoms with Gasteiger partial charge in [0.2, 0.25) is 0 Å². The van der Waals surface area contributed by atoms with Gasteiger partial charge in [-0.15, -0.1) is 11.3 Å². The van der Waals surface area contributed by atoms with Gasteiger partial charge in [-0.25, -0.2) is 15.0 Å². The molecular formula is C51H32N4S. The maximum Gasteiger partial charge on any atom is 0.165 e. The van der Waals surface area contributed by atoms with E-state index in [4.69, 9.17) is 15.0 Å². The average molecular weight is 733 g/mol. The summed E-state index contributed by atoms with van der Waals surface area (Å²) in [7, 11) is 0. The molecule has 3 aromatic heterocycles. The number of rotatable bonds is 6. The first-order valence-electron chi connectivity index (χ1n) is 18.8. The zero-order chi connectivity index (χ0) is 37.0. The van der Waals surface area contributed by atoms with E-state index < -0.39 is 0 Å². The lowest BCUT2D eigenvalue weighted by Gasteiger charge is -2.14. The summed E-state index contributed by atoms with van der Waals surface area (Å²) in [6.45, 7) is 0. The van der Waals surface area contributed by atoms with Crippen molar-refractivity contribution in [3.63, 3.8) is 0 Å². The van der Waals surface area contributed by atoms with Crippen LogP contribution >= 0.6 is 11.3 Å². The third-order valence-corrected chi connectivity index (χ3v) is 11.9. The highest BCUT2D eigenvalue weighted by Crippen LogP contribution is 2.42. The Bertz CT molecular complexity index is 3250. The average Bonchev–Trinajstić information content (AvgIpc) is 3.82. The van der Waals surface area contributed by atoms with Crippen molar-refractivity contribution < 1.29 is 0 Å². The Labute approximate surface area is 327 Å².